The molecule has 0 aliphatic carbocycles. The summed E-state index contributed by atoms with van der Waals surface area (Å²) in [6, 6.07) is 0. The normalized spacial score (nSPS) is 21.6. The number of rotatable bonds is 2. The van der Waals surface area contributed by atoms with E-state index in [1.165, 1.54) is 22.3 Å². The smallest absolute Gasteiger partial charge is 0.308 e. The van der Waals surface area contributed by atoms with Crippen molar-refractivity contribution in [3.63, 3.8) is 0 Å². The summed E-state index contributed by atoms with van der Waals surface area (Å²) in [6.07, 6.45) is 2.76. The molecule has 1 aliphatic heterocycles. The summed E-state index contributed by atoms with van der Waals surface area (Å²) in [7, 11) is 0. The first-order valence-electron chi connectivity index (χ1n) is 4.06. The lowest BCUT2D eigenvalue weighted by Crippen LogP contribution is -2.35. The Kier molecular flexibility index (Phi) is 1.91. The molecule has 0 bridgehead atoms. The Hall–Kier alpha value is -1.92. The molecule has 1 aliphatic rings. The molecule has 1 N–H and O–H groups in total. The van der Waals surface area contributed by atoms with Crippen molar-refractivity contribution in [2.45, 2.75) is 6.42 Å². The van der Waals surface area contributed by atoms with Gasteiger partial charge in [-0.05, 0) is 0 Å². The predicted molar refractivity (Wildman–Crippen MR) is 43.9 cm³/mol. The van der Waals surface area contributed by atoms with Gasteiger partial charge in [-0.1, -0.05) is 0 Å². The minimum atomic E-state index is -0.950. The Morgan fingerprint density at radius 1 is 1.50 bits per heavy atom. The average Bonchev–Trinajstić information content (AvgIpc) is 2.71. The van der Waals surface area contributed by atoms with Crippen molar-refractivity contribution < 1.29 is 14.7 Å². The Bertz CT molecular complexity index is 361. The number of carboxylic acids is 1. The molecular weight excluding hydrogens is 188 g/mol. The van der Waals surface area contributed by atoms with Crippen LogP contribution >= 0.6 is 0 Å². The van der Waals surface area contributed by atoms with Crippen LogP contribution in [0.25, 0.3) is 0 Å². The van der Waals surface area contributed by atoms with Gasteiger partial charge in [0.1, 0.15) is 12.7 Å². The maximum Gasteiger partial charge on any atom is 0.308 e. The number of carbonyl (C=O) groups excluding carboxylic acids is 1. The molecule has 2 rings (SSSR count). The van der Waals surface area contributed by atoms with Crippen molar-refractivity contribution in [3.05, 3.63) is 12.7 Å². The van der Waals surface area contributed by atoms with Crippen molar-refractivity contribution in [2.24, 2.45) is 5.92 Å². The van der Waals surface area contributed by atoms with Gasteiger partial charge >= 0.3 is 5.97 Å². The number of aromatic nitrogens is 3. The number of nitrogens with zero attached hydrogens (tertiary/aromatic N) is 4. The molecule has 2 heterocycles. The van der Waals surface area contributed by atoms with E-state index in [2.05, 4.69) is 10.2 Å². The Morgan fingerprint density at radius 3 is 2.64 bits per heavy atom. The lowest BCUT2D eigenvalue weighted by Gasteiger charge is -2.14. The Balaban J connectivity index is 2.16. The molecule has 0 spiro atoms. The van der Waals surface area contributed by atoms with Crippen LogP contribution in [0.15, 0.2) is 12.7 Å². The summed E-state index contributed by atoms with van der Waals surface area (Å²) in [4.78, 5) is 22.0. The molecule has 14 heavy (non-hydrogen) atoms. The van der Waals surface area contributed by atoms with Crippen LogP contribution in [0.5, 0.6) is 0 Å². The fourth-order valence-corrected chi connectivity index (χ4v) is 1.40. The number of carbonyl (C=O) groups is 2. The summed E-state index contributed by atoms with van der Waals surface area (Å²) < 4.78 is 1.39. The minimum Gasteiger partial charge on any atom is -0.481 e. The van der Waals surface area contributed by atoms with Gasteiger partial charge in [-0.15, -0.1) is 10.2 Å². The van der Waals surface area contributed by atoms with E-state index in [1.807, 2.05) is 0 Å². The summed E-state index contributed by atoms with van der Waals surface area (Å²) in [5, 5.41) is 17.1. The summed E-state index contributed by atoms with van der Waals surface area (Å²) in [5.41, 5.74) is 0. The van der Waals surface area contributed by atoms with Crippen molar-refractivity contribution in [1.29, 1.82) is 0 Å². The average molecular weight is 196 g/mol. The first-order valence-corrected chi connectivity index (χ1v) is 4.06. The first kappa shape index (κ1) is 8.67. The molecule has 7 nitrogen and oxygen atoms in total. The molecule has 7 heteroatoms. The predicted octanol–water partition coefficient (Wildman–Crippen LogP) is -1.15. The Morgan fingerprint density at radius 2 is 2.14 bits per heavy atom. The minimum absolute atomic E-state index is 0.0352. The number of hydrogen-bond donors (Lipinski definition) is 1. The van der Waals surface area contributed by atoms with Gasteiger partial charge in [0.2, 0.25) is 5.91 Å². The number of hydrogen-bond acceptors (Lipinski definition) is 4. The number of amides is 1. The van der Waals surface area contributed by atoms with Crippen molar-refractivity contribution in [1.82, 2.24) is 14.9 Å². The topological polar surface area (TPSA) is 88.3 Å². The van der Waals surface area contributed by atoms with Gasteiger partial charge in [-0.2, -0.15) is 0 Å². The monoisotopic (exact) mass is 196 g/mol. The second-order valence-corrected chi connectivity index (χ2v) is 3.06. The van der Waals surface area contributed by atoms with Gasteiger partial charge in [-0.25, -0.2) is 9.69 Å². The zero-order chi connectivity index (χ0) is 10.1. The van der Waals surface area contributed by atoms with E-state index in [0.717, 1.165) is 0 Å². The molecule has 1 saturated heterocycles. The zero-order valence-corrected chi connectivity index (χ0v) is 7.20. The lowest BCUT2D eigenvalue weighted by molar-refractivity contribution is -0.141. The maximum absolute atomic E-state index is 11.4. The van der Waals surface area contributed by atoms with Crippen LogP contribution in [-0.4, -0.2) is 38.4 Å². The zero-order valence-electron chi connectivity index (χ0n) is 7.20. The van der Waals surface area contributed by atoms with Crippen LogP contribution in [0.3, 0.4) is 0 Å². The van der Waals surface area contributed by atoms with Gasteiger partial charge in [0, 0.05) is 6.42 Å². The van der Waals surface area contributed by atoms with Crippen LogP contribution in [0.1, 0.15) is 6.42 Å². The lowest BCUT2D eigenvalue weighted by atomic mass is 10.1. The SMILES string of the molecule is O=C(O)[C@H]1CC(=O)N(n2cnnc2)C1. The van der Waals surface area contributed by atoms with E-state index in [4.69, 9.17) is 5.11 Å². The van der Waals surface area contributed by atoms with Gasteiger partial charge < -0.3 is 5.11 Å². The van der Waals surface area contributed by atoms with Crippen LogP contribution in [0.4, 0.5) is 0 Å². The molecule has 0 aromatic carbocycles. The molecule has 74 valence electrons. The quantitative estimate of drug-likeness (QED) is 0.645. The van der Waals surface area contributed by atoms with Gasteiger partial charge in [0.15, 0.2) is 0 Å². The van der Waals surface area contributed by atoms with E-state index in [0.29, 0.717) is 0 Å². The van der Waals surface area contributed by atoms with Crippen LogP contribution in [0.2, 0.25) is 0 Å². The third-order valence-electron chi connectivity index (χ3n) is 2.14. The molecule has 0 saturated carbocycles. The van der Waals surface area contributed by atoms with Crippen LogP contribution in [-0.2, 0) is 9.59 Å². The third kappa shape index (κ3) is 1.32. The van der Waals surface area contributed by atoms with E-state index >= 15 is 0 Å². The van der Waals surface area contributed by atoms with E-state index in [-0.39, 0.29) is 18.9 Å². The fourth-order valence-electron chi connectivity index (χ4n) is 1.40. The standard InChI is InChI=1S/C7H8N4O3/c12-6-1-5(7(13)14)2-11(6)10-3-8-9-4-10/h3-5H,1-2H2,(H,13,14)/t5-/m0/s1. The van der Waals surface area contributed by atoms with E-state index in [9.17, 15) is 9.59 Å². The van der Waals surface area contributed by atoms with Gasteiger partial charge in [0.05, 0.1) is 12.5 Å². The molecule has 1 amide bonds. The van der Waals surface area contributed by atoms with Crippen molar-refractivity contribution in [3.8, 4) is 0 Å². The molecule has 1 aromatic heterocycles. The number of aliphatic carboxylic acids is 1. The van der Waals surface area contributed by atoms with Crippen LogP contribution < -0.4 is 5.01 Å². The highest BCUT2D eigenvalue weighted by molar-refractivity contribution is 5.93. The highest BCUT2D eigenvalue weighted by Crippen LogP contribution is 2.16. The molecule has 0 radical (unpaired) electrons. The highest BCUT2D eigenvalue weighted by atomic mass is 16.4. The molecule has 1 atom stereocenters. The molecule has 0 unspecified atom stereocenters. The third-order valence-corrected chi connectivity index (χ3v) is 2.14. The van der Waals surface area contributed by atoms with Crippen molar-refractivity contribution >= 4 is 11.9 Å². The molecule has 1 aromatic rings. The van der Waals surface area contributed by atoms with E-state index < -0.39 is 11.9 Å². The van der Waals surface area contributed by atoms with Crippen LogP contribution in [0, 0.1) is 5.92 Å². The second kappa shape index (κ2) is 3.09. The van der Waals surface area contributed by atoms with Crippen molar-refractivity contribution in [2.75, 3.05) is 11.6 Å². The Labute approximate surface area is 78.9 Å². The molecular formula is C7H8N4O3. The fraction of sp³-hybridized carbons (Fsp3) is 0.429. The summed E-state index contributed by atoms with van der Waals surface area (Å²) in [6.45, 7) is 0.173. The second-order valence-electron chi connectivity index (χ2n) is 3.06. The summed E-state index contributed by atoms with van der Waals surface area (Å²) in [5.74, 6) is -1.81. The van der Waals surface area contributed by atoms with E-state index in [1.54, 1.807) is 0 Å². The summed E-state index contributed by atoms with van der Waals surface area (Å²) >= 11 is 0. The van der Waals surface area contributed by atoms with Gasteiger partial charge in [-0.3, -0.25) is 9.59 Å². The number of carboxylic acid groups (broad SMARTS) is 1. The first-order chi connectivity index (χ1) is 6.68. The maximum atomic E-state index is 11.4. The highest BCUT2D eigenvalue weighted by Gasteiger charge is 2.35. The largest absolute Gasteiger partial charge is 0.481 e. The van der Waals surface area contributed by atoms with Gasteiger partial charge in [0.25, 0.3) is 0 Å². The molecule has 1 fully saturated rings.